The highest BCUT2D eigenvalue weighted by Gasteiger charge is 2.30. The molecule has 2 rings (SSSR count). The van der Waals surface area contributed by atoms with E-state index in [-0.39, 0.29) is 18.9 Å². The molecule has 0 fully saturated rings. The number of hydrogen-bond donors (Lipinski definition) is 2. The van der Waals surface area contributed by atoms with Gasteiger partial charge in [0, 0.05) is 18.7 Å². The van der Waals surface area contributed by atoms with Crippen LogP contribution in [-0.2, 0) is 32.1 Å². The fourth-order valence-corrected chi connectivity index (χ4v) is 2.91. The first-order valence-electron chi connectivity index (χ1n) is 10.2. The molecule has 9 heteroatoms. The summed E-state index contributed by atoms with van der Waals surface area (Å²) in [7, 11) is 2.75. The molecule has 0 spiro atoms. The molecular formula is C23H29N3O6. The van der Waals surface area contributed by atoms with Gasteiger partial charge < -0.3 is 24.8 Å². The molecule has 1 aromatic carbocycles. The normalized spacial score (nSPS) is 12.4. The van der Waals surface area contributed by atoms with Gasteiger partial charge in [-0.1, -0.05) is 50.2 Å². The Kier molecular flexibility index (Phi) is 9.46. The van der Waals surface area contributed by atoms with Gasteiger partial charge in [-0.25, -0.2) is 14.6 Å². The van der Waals surface area contributed by atoms with Gasteiger partial charge in [-0.05, 0) is 17.0 Å². The van der Waals surface area contributed by atoms with Gasteiger partial charge in [0.05, 0.1) is 14.2 Å². The maximum atomic E-state index is 12.9. The van der Waals surface area contributed by atoms with Crippen LogP contribution in [0.5, 0.6) is 5.88 Å². The number of carbonyl (C=O) groups excluding carboxylic acids is 3. The third kappa shape index (κ3) is 7.57. The second-order valence-corrected chi connectivity index (χ2v) is 7.43. The number of alkyl carbamates (subject to hydrolysis) is 1. The molecule has 0 unspecified atom stereocenters. The number of ether oxygens (including phenoxy) is 3. The van der Waals surface area contributed by atoms with Crippen LogP contribution >= 0.6 is 0 Å². The number of amides is 2. The molecule has 2 amide bonds. The van der Waals surface area contributed by atoms with Crippen molar-refractivity contribution in [3.8, 4) is 5.88 Å². The summed E-state index contributed by atoms with van der Waals surface area (Å²) in [5, 5.41) is 5.24. The second kappa shape index (κ2) is 12.3. The SMILES string of the molecule is COC(=O)[C@@H](Cc1ccc(OC)nc1)NC(=O)[C@@H](NC(=O)OCc1ccccc1)C(C)C. The minimum atomic E-state index is -0.953. The van der Waals surface area contributed by atoms with Crippen LogP contribution in [0.4, 0.5) is 4.79 Å². The maximum Gasteiger partial charge on any atom is 0.408 e. The molecule has 32 heavy (non-hydrogen) atoms. The van der Waals surface area contributed by atoms with Crippen molar-refractivity contribution in [2.24, 2.45) is 5.92 Å². The highest BCUT2D eigenvalue weighted by Crippen LogP contribution is 2.11. The molecule has 0 saturated carbocycles. The highest BCUT2D eigenvalue weighted by molar-refractivity contribution is 5.90. The van der Waals surface area contributed by atoms with Crippen molar-refractivity contribution in [1.82, 2.24) is 15.6 Å². The van der Waals surface area contributed by atoms with Gasteiger partial charge in [-0.15, -0.1) is 0 Å². The number of aromatic nitrogens is 1. The van der Waals surface area contributed by atoms with E-state index < -0.39 is 30.1 Å². The van der Waals surface area contributed by atoms with E-state index in [9.17, 15) is 14.4 Å². The lowest BCUT2D eigenvalue weighted by Gasteiger charge is -2.24. The maximum absolute atomic E-state index is 12.9. The third-order valence-electron chi connectivity index (χ3n) is 4.68. The summed E-state index contributed by atoms with van der Waals surface area (Å²) >= 11 is 0. The zero-order chi connectivity index (χ0) is 23.5. The molecule has 0 radical (unpaired) electrons. The van der Waals surface area contributed by atoms with Gasteiger partial charge in [0.25, 0.3) is 0 Å². The van der Waals surface area contributed by atoms with Crippen molar-refractivity contribution in [1.29, 1.82) is 0 Å². The lowest BCUT2D eigenvalue weighted by atomic mass is 10.0. The van der Waals surface area contributed by atoms with Crippen LogP contribution in [-0.4, -0.2) is 49.3 Å². The number of methoxy groups -OCH3 is 2. The molecule has 2 aromatic rings. The van der Waals surface area contributed by atoms with Crippen LogP contribution in [0.3, 0.4) is 0 Å². The van der Waals surface area contributed by atoms with Crippen LogP contribution in [0.1, 0.15) is 25.0 Å². The summed E-state index contributed by atoms with van der Waals surface area (Å²) in [5.41, 5.74) is 1.53. The third-order valence-corrected chi connectivity index (χ3v) is 4.68. The second-order valence-electron chi connectivity index (χ2n) is 7.43. The fourth-order valence-electron chi connectivity index (χ4n) is 2.91. The Bertz CT molecular complexity index is 886. The molecule has 0 saturated heterocycles. The Hall–Kier alpha value is -3.62. The molecular weight excluding hydrogens is 414 g/mol. The quantitative estimate of drug-likeness (QED) is 0.541. The average Bonchev–Trinajstić information content (AvgIpc) is 2.81. The molecule has 0 aliphatic carbocycles. The number of esters is 1. The molecule has 0 bridgehead atoms. The van der Waals surface area contributed by atoms with E-state index >= 15 is 0 Å². The largest absolute Gasteiger partial charge is 0.481 e. The van der Waals surface area contributed by atoms with E-state index in [1.807, 2.05) is 30.3 Å². The predicted molar refractivity (Wildman–Crippen MR) is 117 cm³/mol. The zero-order valence-electron chi connectivity index (χ0n) is 18.7. The van der Waals surface area contributed by atoms with E-state index in [2.05, 4.69) is 15.6 Å². The van der Waals surface area contributed by atoms with Crippen molar-refractivity contribution >= 4 is 18.0 Å². The number of rotatable bonds is 10. The smallest absolute Gasteiger partial charge is 0.408 e. The predicted octanol–water partition coefficient (Wildman–Crippen LogP) is 2.24. The first-order valence-corrected chi connectivity index (χ1v) is 10.2. The molecule has 172 valence electrons. The highest BCUT2D eigenvalue weighted by atomic mass is 16.5. The average molecular weight is 444 g/mol. The van der Waals surface area contributed by atoms with Crippen LogP contribution in [0.25, 0.3) is 0 Å². The summed E-state index contributed by atoms with van der Waals surface area (Å²) in [5.74, 6) is -0.942. The summed E-state index contributed by atoms with van der Waals surface area (Å²) in [6, 6.07) is 10.7. The Balaban J connectivity index is 2.01. The minimum Gasteiger partial charge on any atom is -0.481 e. The van der Waals surface area contributed by atoms with Gasteiger partial charge in [-0.2, -0.15) is 0 Å². The fraction of sp³-hybridized carbons (Fsp3) is 0.391. The molecule has 2 N–H and O–H groups in total. The molecule has 0 aliphatic heterocycles. The van der Waals surface area contributed by atoms with Gasteiger partial charge in [0.2, 0.25) is 11.8 Å². The first-order chi connectivity index (χ1) is 15.3. The molecule has 0 aliphatic rings. The summed E-state index contributed by atoms with van der Waals surface area (Å²) in [4.78, 5) is 41.5. The van der Waals surface area contributed by atoms with Crippen molar-refractivity contribution in [3.05, 3.63) is 59.8 Å². The van der Waals surface area contributed by atoms with E-state index in [0.29, 0.717) is 11.4 Å². The number of benzene rings is 1. The Morgan fingerprint density at radius 2 is 1.69 bits per heavy atom. The van der Waals surface area contributed by atoms with Crippen LogP contribution in [0.15, 0.2) is 48.7 Å². The van der Waals surface area contributed by atoms with E-state index in [0.717, 1.165) is 5.56 Å². The van der Waals surface area contributed by atoms with Crippen molar-refractivity contribution < 1.29 is 28.6 Å². The topological polar surface area (TPSA) is 116 Å². The summed E-state index contributed by atoms with van der Waals surface area (Å²) in [6.07, 6.45) is 0.996. The lowest BCUT2D eigenvalue weighted by Crippen LogP contribution is -2.54. The van der Waals surface area contributed by atoms with Crippen molar-refractivity contribution in [2.75, 3.05) is 14.2 Å². The number of pyridine rings is 1. The molecule has 1 heterocycles. The van der Waals surface area contributed by atoms with E-state index in [4.69, 9.17) is 14.2 Å². The standard InChI is InChI=1S/C23H29N3O6/c1-15(2)20(26-23(29)32-14-16-8-6-5-7-9-16)21(27)25-18(22(28)31-4)12-17-10-11-19(30-3)24-13-17/h5-11,13,15,18,20H,12,14H2,1-4H3,(H,25,27)(H,26,29)/t18-,20+/m1/s1. The van der Waals surface area contributed by atoms with Crippen LogP contribution < -0.4 is 15.4 Å². The number of hydrogen-bond acceptors (Lipinski definition) is 7. The Labute approximate surface area is 187 Å². The van der Waals surface area contributed by atoms with Crippen molar-refractivity contribution in [3.63, 3.8) is 0 Å². The number of carbonyl (C=O) groups is 3. The summed E-state index contributed by atoms with van der Waals surface area (Å²) in [6.45, 7) is 3.64. The monoisotopic (exact) mass is 443 g/mol. The summed E-state index contributed by atoms with van der Waals surface area (Å²) < 4.78 is 15.1. The first kappa shape index (κ1) is 24.6. The van der Waals surface area contributed by atoms with Gasteiger partial charge >= 0.3 is 12.1 Å². The van der Waals surface area contributed by atoms with Gasteiger partial charge in [0.15, 0.2) is 0 Å². The van der Waals surface area contributed by atoms with Gasteiger partial charge in [0.1, 0.15) is 18.7 Å². The lowest BCUT2D eigenvalue weighted by molar-refractivity contribution is -0.145. The molecule has 1 aromatic heterocycles. The van der Waals surface area contributed by atoms with Crippen molar-refractivity contribution in [2.45, 2.75) is 39.0 Å². The van der Waals surface area contributed by atoms with Crippen LogP contribution in [0.2, 0.25) is 0 Å². The zero-order valence-corrected chi connectivity index (χ0v) is 18.7. The number of nitrogens with zero attached hydrogens (tertiary/aromatic N) is 1. The molecule has 2 atom stereocenters. The van der Waals surface area contributed by atoms with Crippen LogP contribution in [0, 0.1) is 5.92 Å². The molecule has 9 nitrogen and oxygen atoms in total. The van der Waals surface area contributed by atoms with E-state index in [1.165, 1.54) is 14.2 Å². The van der Waals surface area contributed by atoms with E-state index in [1.54, 1.807) is 32.2 Å². The Morgan fingerprint density at radius 1 is 0.969 bits per heavy atom. The number of nitrogens with one attached hydrogen (secondary N) is 2. The van der Waals surface area contributed by atoms with Gasteiger partial charge in [-0.3, -0.25) is 4.79 Å². The Morgan fingerprint density at radius 3 is 2.25 bits per heavy atom. The minimum absolute atomic E-state index is 0.0777.